The zero-order chi connectivity index (χ0) is 12.3. The molecule has 0 aliphatic heterocycles. The van der Waals surface area contributed by atoms with Crippen LogP contribution in [0.3, 0.4) is 0 Å². The maximum atomic E-state index is 4.20. The lowest BCUT2D eigenvalue weighted by atomic mass is 10.1. The molecule has 0 saturated carbocycles. The molecule has 2 aromatic rings. The van der Waals surface area contributed by atoms with Crippen molar-refractivity contribution in [3.05, 3.63) is 35.7 Å². The summed E-state index contributed by atoms with van der Waals surface area (Å²) in [6.07, 6.45) is 1.57. The zero-order valence-electron chi connectivity index (χ0n) is 10.3. The predicted molar refractivity (Wildman–Crippen MR) is 69.1 cm³/mol. The molecule has 1 N–H and O–H groups in total. The van der Waals surface area contributed by atoms with Crippen molar-refractivity contribution in [2.24, 2.45) is 7.05 Å². The van der Waals surface area contributed by atoms with Crippen LogP contribution in [0.2, 0.25) is 0 Å². The van der Waals surface area contributed by atoms with Crippen LogP contribution in [0.15, 0.2) is 34.6 Å². The molecule has 0 radical (unpaired) electrons. The Labute approximate surface area is 105 Å². The van der Waals surface area contributed by atoms with Gasteiger partial charge in [-0.05, 0) is 37.2 Å². The lowest BCUT2D eigenvalue weighted by Crippen LogP contribution is -2.06. The Hall–Kier alpha value is -1.33. The average Bonchev–Trinajstić information content (AvgIpc) is 2.69. The molecule has 90 valence electrons. The molecule has 1 aromatic heterocycles. The Kier molecular flexibility index (Phi) is 3.81. The first-order chi connectivity index (χ1) is 8.20. The van der Waals surface area contributed by atoms with Crippen molar-refractivity contribution in [2.75, 3.05) is 7.05 Å². The molecule has 5 heteroatoms. The minimum Gasteiger partial charge on any atom is -0.316 e. The van der Waals surface area contributed by atoms with Crippen LogP contribution in [-0.2, 0) is 13.6 Å². The van der Waals surface area contributed by atoms with Gasteiger partial charge in [-0.15, -0.1) is 0 Å². The number of benzene rings is 1. The Morgan fingerprint density at radius 2 is 2.24 bits per heavy atom. The number of hydrogen-bond donors (Lipinski definition) is 1. The summed E-state index contributed by atoms with van der Waals surface area (Å²) in [5.74, 6) is 0. The van der Waals surface area contributed by atoms with Crippen LogP contribution in [-0.4, -0.2) is 21.8 Å². The molecule has 1 aromatic carbocycles. The number of rotatable bonds is 4. The van der Waals surface area contributed by atoms with Crippen molar-refractivity contribution in [3.63, 3.8) is 0 Å². The Morgan fingerprint density at radius 3 is 2.82 bits per heavy atom. The summed E-state index contributed by atoms with van der Waals surface area (Å²) in [5.41, 5.74) is 2.63. The zero-order valence-corrected chi connectivity index (χ0v) is 11.1. The summed E-state index contributed by atoms with van der Waals surface area (Å²) >= 11 is 1.63. The normalized spacial score (nSPS) is 10.8. The summed E-state index contributed by atoms with van der Waals surface area (Å²) in [4.78, 5) is 5.39. The highest BCUT2D eigenvalue weighted by Crippen LogP contribution is 2.26. The van der Waals surface area contributed by atoms with Crippen molar-refractivity contribution in [1.82, 2.24) is 20.1 Å². The first-order valence-corrected chi connectivity index (χ1v) is 6.28. The van der Waals surface area contributed by atoms with Crippen molar-refractivity contribution in [2.45, 2.75) is 23.5 Å². The molecule has 17 heavy (non-hydrogen) atoms. The fourth-order valence-corrected chi connectivity index (χ4v) is 2.47. The molecule has 0 unspecified atom stereocenters. The number of aryl methyl sites for hydroxylation is 2. The molecular weight excluding hydrogens is 232 g/mol. The van der Waals surface area contributed by atoms with Crippen LogP contribution in [0.5, 0.6) is 0 Å². The smallest absolute Gasteiger partial charge is 0.190 e. The summed E-state index contributed by atoms with van der Waals surface area (Å²) in [7, 11) is 3.86. The van der Waals surface area contributed by atoms with Gasteiger partial charge in [0.25, 0.3) is 0 Å². The van der Waals surface area contributed by atoms with Crippen LogP contribution in [0.25, 0.3) is 0 Å². The van der Waals surface area contributed by atoms with E-state index < -0.39 is 0 Å². The largest absolute Gasteiger partial charge is 0.316 e. The molecular formula is C12H16N4S. The minimum atomic E-state index is 0.904. The Balaban J connectivity index is 2.18. The van der Waals surface area contributed by atoms with Gasteiger partial charge >= 0.3 is 0 Å². The molecule has 1 heterocycles. The van der Waals surface area contributed by atoms with Crippen molar-refractivity contribution in [1.29, 1.82) is 0 Å². The second-order valence-electron chi connectivity index (χ2n) is 3.89. The van der Waals surface area contributed by atoms with Crippen LogP contribution in [0, 0.1) is 6.92 Å². The van der Waals surface area contributed by atoms with Gasteiger partial charge in [0.15, 0.2) is 5.16 Å². The molecule has 0 aliphatic rings. The van der Waals surface area contributed by atoms with Gasteiger partial charge in [-0.25, -0.2) is 9.67 Å². The predicted octanol–water partition coefficient (Wildman–Crippen LogP) is 1.99. The maximum absolute atomic E-state index is 4.20. The van der Waals surface area contributed by atoms with Crippen molar-refractivity contribution < 1.29 is 0 Å². The van der Waals surface area contributed by atoms with E-state index in [2.05, 4.69) is 40.5 Å². The topological polar surface area (TPSA) is 42.7 Å². The first-order valence-electron chi connectivity index (χ1n) is 5.46. The molecule has 2 rings (SSSR count). The third-order valence-electron chi connectivity index (χ3n) is 2.56. The van der Waals surface area contributed by atoms with Gasteiger partial charge in [-0.2, -0.15) is 5.10 Å². The number of nitrogens with zero attached hydrogens (tertiary/aromatic N) is 3. The van der Waals surface area contributed by atoms with Crippen molar-refractivity contribution >= 4 is 11.8 Å². The summed E-state index contributed by atoms with van der Waals surface area (Å²) in [6, 6.07) is 6.47. The third-order valence-corrected chi connectivity index (χ3v) is 3.60. The van der Waals surface area contributed by atoms with Gasteiger partial charge in [0.05, 0.1) is 0 Å². The molecule has 0 spiro atoms. The molecule has 0 aliphatic carbocycles. The van der Waals surface area contributed by atoms with E-state index in [0.29, 0.717) is 0 Å². The fourth-order valence-electron chi connectivity index (χ4n) is 1.60. The summed E-state index contributed by atoms with van der Waals surface area (Å²) in [5, 5.41) is 8.13. The number of nitrogens with one attached hydrogen (secondary N) is 1. The van der Waals surface area contributed by atoms with Crippen LogP contribution < -0.4 is 5.32 Å². The lowest BCUT2D eigenvalue weighted by Gasteiger charge is -2.07. The van der Waals surface area contributed by atoms with Gasteiger partial charge in [0.2, 0.25) is 0 Å². The highest BCUT2D eigenvalue weighted by molar-refractivity contribution is 7.99. The number of hydrogen-bond acceptors (Lipinski definition) is 4. The Bertz CT molecular complexity index is 507. The minimum absolute atomic E-state index is 0.904. The van der Waals surface area contributed by atoms with E-state index in [-0.39, 0.29) is 0 Å². The highest BCUT2D eigenvalue weighted by Gasteiger charge is 2.05. The molecule has 4 nitrogen and oxygen atoms in total. The van der Waals surface area contributed by atoms with E-state index >= 15 is 0 Å². The van der Waals surface area contributed by atoms with Gasteiger partial charge in [0, 0.05) is 18.5 Å². The molecule has 0 saturated heterocycles. The average molecular weight is 248 g/mol. The van der Waals surface area contributed by atoms with Crippen LogP contribution in [0.1, 0.15) is 11.1 Å². The summed E-state index contributed by atoms with van der Waals surface area (Å²) in [6.45, 7) is 3.04. The number of aromatic nitrogens is 3. The SMILES string of the molecule is CNCc1ccc(Sc2ncnn2C)cc1C. The molecule has 0 atom stereocenters. The third kappa shape index (κ3) is 2.87. The first kappa shape index (κ1) is 12.1. The van der Waals surface area contributed by atoms with E-state index in [4.69, 9.17) is 0 Å². The van der Waals surface area contributed by atoms with Crippen LogP contribution >= 0.6 is 11.8 Å². The second-order valence-corrected chi connectivity index (χ2v) is 4.93. The highest BCUT2D eigenvalue weighted by atomic mass is 32.2. The molecule has 0 amide bonds. The van der Waals surface area contributed by atoms with Crippen molar-refractivity contribution in [3.8, 4) is 0 Å². The molecule has 0 fully saturated rings. The monoisotopic (exact) mass is 248 g/mol. The van der Waals surface area contributed by atoms with Gasteiger partial charge in [-0.3, -0.25) is 0 Å². The van der Waals surface area contributed by atoms with Crippen LogP contribution in [0.4, 0.5) is 0 Å². The maximum Gasteiger partial charge on any atom is 0.190 e. The van der Waals surface area contributed by atoms with E-state index in [1.807, 2.05) is 14.1 Å². The van der Waals surface area contributed by atoms with E-state index in [1.165, 1.54) is 16.0 Å². The summed E-state index contributed by atoms with van der Waals surface area (Å²) < 4.78 is 1.78. The molecule has 0 bridgehead atoms. The lowest BCUT2D eigenvalue weighted by molar-refractivity contribution is 0.685. The second kappa shape index (κ2) is 5.33. The van der Waals surface area contributed by atoms with Gasteiger partial charge in [-0.1, -0.05) is 17.8 Å². The van der Waals surface area contributed by atoms with E-state index in [9.17, 15) is 0 Å². The quantitative estimate of drug-likeness (QED) is 0.898. The van der Waals surface area contributed by atoms with Gasteiger partial charge < -0.3 is 5.32 Å². The van der Waals surface area contributed by atoms with E-state index in [0.717, 1.165) is 11.7 Å². The fraction of sp³-hybridized carbons (Fsp3) is 0.333. The standard InChI is InChI=1S/C12H16N4S/c1-9-6-11(5-4-10(9)7-13-2)17-12-14-8-15-16(12)3/h4-6,8,13H,7H2,1-3H3. The Morgan fingerprint density at radius 1 is 1.41 bits per heavy atom. The van der Waals surface area contributed by atoms with E-state index in [1.54, 1.807) is 22.8 Å². The van der Waals surface area contributed by atoms with Gasteiger partial charge in [0.1, 0.15) is 6.33 Å².